The van der Waals surface area contributed by atoms with Crippen molar-refractivity contribution in [2.75, 3.05) is 13.2 Å². The predicted molar refractivity (Wildman–Crippen MR) is 97.0 cm³/mol. The van der Waals surface area contributed by atoms with Crippen LogP contribution in [0.5, 0.6) is 0 Å². The fourth-order valence-corrected chi connectivity index (χ4v) is 2.93. The third-order valence-corrected chi connectivity index (χ3v) is 4.00. The Hall–Kier alpha value is -3.08. The average Bonchev–Trinajstić information content (AvgIpc) is 2.66. The van der Waals surface area contributed by atoms with Gasteiger partial charge in [-0.1, -0.05) is 42.5 Å². The number of benzene rings is 1. The zero-order valence-electron chi connectivity index (χ0n) is 14.7. The monoisotopic (exact) mass is 352 g/mol. The molecule has 1 aliphatic heterocycles. The molecule has 0 fully saturated rings. The maximum absolute atomic E-state index is 12.5. The fourth-order valence-electron chi connectivity index (χ4n) is 2.93. The molecule has 1 heterocycles. The summed E-state index contributed by atoms with van der Waals surface area (Å²) in [5, 5.41) is 1.70. The number of carbonyl (C=O) groups excluding carboxylic acids is 2. The minimum atomic E-state index is -0.621. The Morgan fingerprint density at radius 1 is 1.08 bits per heavy atom. The zero-order chi connectivity index (χ0) is 18.5. The van der Waals surface area contributed by atoms with Gasteiger partial charge >= 0.3 is 11.9 Å². The van der Waals surface area contributed by atoms with Crippen LogP contribution in [0.3, 0.4) is 0 Å². The quantitative estimate of drug-likeness (QED) is 0.594. The summed E-state index contributed by atoms with van der Waals surface area (Å²) in [6, 6.07) is 7.62. The molecule has 1 unspecified atom stereocenters. The van der Waals surface area contributed by atoms with Gasteiger partial charge in [0.25, 0.3) is 0 Å². The highest BCUT2D eigenvalue weighted by atomic mass is 16.5. The van der Waals surface area contributed by atoms with Crippen molar-refractivity contribution in [3.8, 4) is 0 Å². The molecule has 1 atom stereocenters. The molecule has 0 aromatic heterocycles. The highest BCUT2D eigenvalue weighted by molar-refractivity contribution is 6.06. The third kappa shape index (κ3) is 3.47. The Kier molecular flexibility index (Phi) is 5.37. The van der Waals surface area contributed by atoms with Crippen LogP contribution >= 0.6 is 0 Å². The Morgan fingerprint density at radius 3 is 2.54 bits per heavy atom. The number of ether oxygens (including phenoxy) is 3. The van der Waals surface area contributed by atoms with Crippen molar-refractivity contribution in [1.82, 2.24) is 0 Å². The first-order valence-corrected chi connectivity index (χ1v) is 8.56. The highest BCUT2D eigenvalue weighted by Gasteiger charge is 2.27. The first kappa shape index (κ1) is 17.7. The molecule has 134 valence electrons. The average molecular weight is 352 g/mol. The standard InChI is InChI=1S/C21H20O5/c1-3-24-19(22)13-17(21(23)25-4-2)20-16-11-6-5-9-14(16)15-10-7-8-12-18(15)26-20/h5-13,18H,3-4H2,1-2H3/b17-13+. The Morgan fingerprint density at radius 2 is 1.81 bits per heavy atom. The van der Waals surface area contributed by atoms with E-state index in [1.807, 2.05) is 48.6 Å². The highest BCUT2D eigenvalue weighted by Crippen LogP contribution is 2.25. The Bertz CT molecular complexity index is 933. The van der Waals surface area contributed by atoms with Crippen molar-refractivity contribution in [2.24, 2.45) is 0 Å². The molecule has 0 saturated carbocycles. The van der Waals surface area contributed by atoms with E-state index in [-0.39, 0.29) is 24.9 Å². The topological polar surface area (TPSA) is 61.8 Å². The normalized spacial score (nSPS) is 17.9. The lowest BCUT2D eigenvalue weighted by Gasteiger charge is -2.26. The minimum Gasteiger partial charge on any atom is -0.480 e. The van der Waals surface area contributed by atoms with E-state index in [0.717, 1.165) is 22.1 Å². The molecule has 2 aliphatic rings. The van der Waals surface area contributed by atoms with Gasteiger partial charge in [-0.2, -0.15) is 0 Å². The van der Waals surface area contributed by atoms with E-state index >= 15 is 0 Å². The lowest BCUT2D eigenvalue weighted by atomic mass is 9.96. The number of rotatable bonds is 5. The number of hydrogen-bond donors (Lipinski definition) is 0. The summed E-state index contributed by atoms with van der Waals surface area (Å²) in [5.74, 6) is -0.914. The van der Waals surface area contributed by atoms with Gasteiger partial charge < -0.3 is 14.2 Å². The summed E-state index contributed by atoms with van der Waals surface area (Å²) in [6.07, 6.45) is 8.53. The second-order valence-corrected chi connectivity index (χ2v) is 5.64. The first-order chi connectivity index (χ1) is 12.7. The van der Waals surface area contributed by atoms with Gasteiger partial charge in [0.05, 0.1) is 13.2 Å². The molecule has 5 heteroatoms. The third-order valence-electron chi connectivity index (χ3n) is 4.00. The predicted octanol–water partition coefficient (Wildman–Crippen LogP) is 1.52. The molecule has 0 radical (unpaired) electrons. The van der Waals surface area contributed by atoms with Gasteiger partial charge in [-0.15, -0.1) is 0 Å². The van der Waals surface area contributed by atoms with Crippen molar-refractivity contribution in [3.05, 3.63) is 70.7 Å². The number of esters is 2. The van der Waals surface area contributed by atoms with Crippen LogP contribution in [0.25, 0.3) is 11.3 Å². The van der Waals surface area contributed by atoms with Gasteiger partial charge in [-0.05, 0) is 25.1 Å². The van der Waals surface area contributed by atoms with Crippen LogP contribution in [0.4, 0.5) is 0 Å². The summed E-state index contributed by atoms with van der Waals surface area (Å²) in [4.78, 5) is 24.5. The number of allylic oxidation sites excluding steroid dienone is 2. The van der Waals surface area contributed by atoms with Crippen LogP contribution in [-0.2, 0) is 23.8 Å². The molecular weight excluding hydrogens is 332 g/mol. The van der Waals surface area contributed by atoms with Crippen LogP contribution in [0.15, 0.2) is 60.2 Å². The van der Waals surface area contributed by atoms with E-state index in [0.29, 0.717) is 5.76 Å². The van der Waals surface area contributed by atoms with Crippen LogP contribution in [0.2, 0.25) is 0 Å². The lowest BCUT2D eigenvalue weighted by molar-refractivity contribution is -0.140. The van der Waals surface area contributed by atoms with Crippen LogP contribution < -0.4 is 10.4 Å². The molecule has 3 rings (SSSR count). The van der Waals surface area contributed by atoms with E-state index in [9.17, 15) is 9.59 Å². The molecule has 0 saturated heterocycles. The molecule has 5 nitrogen and oxygen atoms in total. The molecule has 26 heavy (non-hydrogen) atoms. The van der Waals surface area contributed by atoms with E-state index in [1.54, 1.807) is 13.8 Å². The maximum atomic E-state index is 12.5. The van der Waals surface area contributed by atoms with Crippen molar-refractivity contribution in [1.29, 1.82) is 0 Å². The number of carbonyl (C=O) groups is 2. The summed E-state index contributed by atoms with van der Waals surface area (Å²) in [7, 11) is 0. The smallest absolute Gasteiger partial charge is 0.342 e. The zero-order valence-corrected chi connectivity index (χ0v) is 14.7. The Balaban J connectivity index is 2.24. The first-order valence-electron chi connectivity index (χ1n) is 8.56. The Labute approximate surface area is 151 Å². The summed E-state index contributed by atoms with van der Waals surface area (Å²) in [6.45, 7) is 3.82. The second-order valence-electron chi connectivity index (χ2n) is 5.64. The van der Waals surface area contributed by atoms with E-state index in [2.05, 4.69) is 0 Å². The minimum absolute atomic E-state index is 0.0553. The lowest BCUT2D eigenvalue weighted by Crippen LogP contribution is -2.39. The van der Waals surface area contributed by atoms with Crippen LogP contribution in [0.1, 0.15) is 13.8 Å². The van der Waals surface area contributed by atoms with E-state index in [1.165, 1.54) is 0 Å². The second kappa shape index (κ2) is 7.87. The number of hydrogen-bond acceptors (Lipinski definition) is 5. The van der Waals surface area contributed by atoms with Gasteiger partial charge in [0.2, 0.25) is 0 Å². The van der Waals surface area contributed by atoms with E-state index < -0.39 is 11.9 Å². The summed E-state index contributed by atoms with van der Waals surface area (Å²) in [5.41, 5.74) is 1.06. The van der Waals surface area contributed by atoms with Crippen molar-refractivity contribution in [2.45, 2.75) is 20.0 Å². The number of fused-ring (bicyclic) bond motifs is 2. The largest absolute Gasteiger partial charge is 0.480 e. The van der Waals surface area contributed by atoms with Gasteiger partial charge in [0.1, 0.15) is 17.4 Å². The molecule has 0 spiro atoms. The van der Waals surface area contributed by atoms with Crippen LogP contribution in [-0.4, -0.2) is 31.3 Å². The molecule has 1 aromatic carbocycles. The molecule has 1 aromatic rings. The van der Waals surface area contributed by atoms with Crippen molar-refractivity contribution >= 4 is 23.3 Å². The molecule has 1 aliphatic carbocycles. The summed E-state index contributed by atoms with van der Waals surface area (Å²) >= 11 is 0. The SMILES string of the molecule is CCOC(=O)/C=C(/C(=O)OCC)C1=c2ccccc2=C2C=CC=CC2O1. The van der Waals surface area contributed by atoms with Gasteiger partial charge in [-0.3, -0.25) is 0 Å². The van der Waals surface area contributed by atoms with E-state index in [4.69, 9.17) is 14.2 Å². The van der Waals surface area contributed by atoms with Crippen molar-refractivity contribution < 1.29 is 23.8 Å². The maximum Gasteiger partial charge on any atom is 0.342 e. The fraction of sp³-hybridized carbons (Fsp3) is 0.238. The van der Waals surface area contributed by atoms with Crippen molar-refractivity contribution in [3.63, 3.8) is 0 Å². The van der Waals surface area contributed by atoms with Gasteiger partial charge in [0.15, 0.2) is 0 Å². The molecule has 0 bridgehead atoms. The van der Waals surface area contributed by atoms with Gasteiger partial charge in [-0.25, -0.2) is 9.59 Å². The molecule has 0 N–H and O–H groups in total. The molecule has 0 amide bonds. The summed E-state index contributed by atoms with van der Waals surface area (Å²) < 4.78 is 16.2. The van der Waals surface area contributed by atoms with Gasteiger partial charge in [0, 0.05) is 16.9 Å². The van der Waals surface area contributed by atoms with Crippen LogP contribution in [0, 0.1) is 0 Å². The molecular formula is C21H20O5.